The van der Waals surface area contributed by atoms with Crippen molar-refractivity contribution >= 4 is 17.5 Å². The lowest BCUT2D eigenvalue weighted by Gasteiger charge is -2.15. The maximum atomic E-state index is 13.2. The molecule has 0 aliphatic carbocycles. The molecule has 2 N–H and O–H groups in total. The second-order valence-electron chi connectivity index (χ2n) is 5.40. The Morgan fingerprint density at radius 2 is 1.73 bits per heavy atom. The Balaban J connectivity index is 2.02. The molecule has 3 rings (SSSR count). The number of halogens is 3. The molecule has 0 atom stereocenters. The minimum absolute atomic E-state index is 0.0678. The van der Waals surface area contributed by atoms with Gasteiger partial charge in [0.25, 0.3) is 0 Å². The van der Waals surface area contributed by atoms with Gasteiger partial charge in [-0.15, -0.1) is 0 Å². The second kappa shape index (κ2) is 7.38. The zero-order valence-electron chi connectivity index (χ0n) is 13.9. The van der Waals surface area contributed by atoms with E-state index in [1.165, 1.54) is 18.2 Å². The molecule has 0 spiro atoms. The summed E-state index contributed by atoms with van der Waals surface area (Å²) >= 11 is 0. The molecule has 8 heteroatoms. The molecule has 0 aliphatic heterocycles. The number of hydrogen-bond acceptors (Lipinski definition) is 5. The van der Waals surface area contributed by atoms with Crippen molar-refractivity contribution in [1.82, 2.24) is 15.0 Å². The maximum Gasteiger partial charge on any atom is 0.418 e. The topological polar surface area (TPSA) is 62.7 Å². The number of nitrogens with zero attached hydrogens (tertiary/aromatic N) is 3. The van der Waals surface area contributed by atoms with Gasteiger partial charge in [0.15, 0.2) is 0 Å². The van der Waals surface area contributed by atoms with E-state index in [9.17, 15) is 13.2 Å². The second-order valence-corrected chi connectivity index (χ2v) is 5.40. The lowest BCUT2D eigenvalue weighted by Crippen LogP contribution is -2.10. The number of para-hydroxylation sites is 1. The summed E-state index contributed by atoms with van der Waals surface area (Å²) in [5, 5.41) is 5.75. The number of anilines is 3. The zero-order chi connectivity index (χ0) is 18.6. The van der Waals surface area contributed by atoms with E-state index in [4.69, 9.17) is 0 Å². The van der Waals surface area contributed by atoms with Gasteiger partial charge >= 0.3 is 6.18 Å². The normalized spacial score (nSPS) is 11.2. The highest BCUT2D eigenvalue weighted by Crippen LogP contribution is 2.36. The van der Waals surface area contributed by atoms with Crippen molar-refractivity contribution in [3.05, 3.63) is 60.4 Å². The Hall–Kier alpha value is -3.16. The first kappa shape index (κ1) is 17.7. The fraction of sp³-hybridized carbons (Fsp3) is 0.167. The summed E-state index contributed by atoms with van der Waals surface area (Å²) in [7, 11) is 0. The van der Waals surface area contributed by atoms with Crippen molar-refractivity contribution in [2.45, 2.75) is 13.1 Å². The fourth-order valence-corrected chi connectivity index (χ4v) is 2.40. The van der Waals surface area contributed by atoms with Gasteiger partial charge < -0.3 is 10.6 Å². The number of aromatic nitrogens is 3. The van der Waals surface area contributed by atoms with E-state index in [1.807, 2.05) is 6.92 Å². The molecule has 26 heavy (non-hydrogen) atoms. The zero-order valence-corrected chi connectivity index (χ0v) is 13.9. The Morgan fingerprint density at radius 3 is 2.42 bits per heavy atom. The van der Waals surface area contributed by atoms with Gasteiger partial charge in [-0.2, -0.15) is 18.2 Å². The van der Waals surface area contributed by atoms with E-state index >= 15 is 0 Å². The van der Waals surface area contributed by atoms with Gasteiger partial charge in [-0.25, -0.2) is 4.98 Å². The smallest absolute Gasteiger partial charge is 0.354 e. The quantitative estimate of drug-likeness (QED) is 0.689. The molecule has 1 aromatic carbocycles. The van der Waals surface area contributed by atoms with Crippen LogP contribution in [0.3, 0.4) is 0 Å². The Bertz CT molecular complexity index is 881. The highest BCUT2D eigenvalue weighted by Gasteiger charge is 2.33. The third-order valence-electron chi connectivity index (χ3n) is 3.53. The van der Waals surface area contributed by atoms with Crippen LogP contribution >= 0.6 is 0 Å². The van der Waals surface area contributed by atoms with Crippen LogP contribution in [0.5, 0.6) is 0 Å². The third-order valence-corrected chi connectivity index (χ3v) is 3.53. The first-order valence-corrected chi connectivity index (χ1v) is 7.94. The van der Waals surface area contributed by atoms with E-state index in [-0.39, 0.29) is 11.5 Å². The summed E-state index contributed by atoms with van der Waals surface area (Å²) in [4.78, 5) is 12.6. The van der Waals surface area contributed by atoms with Gasteiger partial charge in [0.2, 0.25) is 5.95 Å². The number of rotatable bonds is 5. The molecule has 134 valence electrons. The van der Waals surface area contributed by atoms with Crippen LogP contribution in [0.2, 0.25) is 0 Å². The van der Waals surface area contributed by atoms with Gasteiger partial charge in [-0.3, -0.25) is 4.98 Å². The van der Waals surface area contributed by atoms with Crippen molar-refractivity contribution < 1.29 is 13.2 Å². The molecule has 0 bridgehead atoms. The molecular weight excluding hydrogens is 343 g/mol. The molecule has 5 nitrogen and oxygen atoms in total. The largest absolute Gasteiger partial charge is 0.418 e. The molecule has 3 aromatic rings. The van der Waals surface area contributed by atoms with Crippen LogP contribution in [0.1, 0.15) is 12.5 Å². The standard InChI is InChI=1S/C18H16F3N5/c1-2-23-17-25-15(12-7-9-22-10-8-12)11-16(26-17)24-14-6-4-3-5-13(14)18(19,20)21/h3-11H,2H2,1H3,(H2,23,24,25,26). The van der Waals surface area contributed by atoms with Gasteiger partial charge in [-0.1, -0.05) is 12.1 Å². The average Bonchev–Trinajstić information content (AvgIpc) is 2.62. The number of hydrogen-bond donors (Lipinski definition) is 2. The molecule has 0 aliphatic rings. The molecule has 0 fully saturated rings. The number of benzene rings is 1. The summed E-state index contributed by atoms with van der Waals surface area (Å²) < 4.78 is 39.6. The van der Waals surface area contributed by atoms with E-state index in [1.54, 1.807) is 30.6 Å². The third kappa shape index (κ3) is 4.08. The van der Waals surface area contributed by atoms with Crippen LogP contribution in [0.4, 0.5) is 30.6 Å². The molecule has 2 aromatic heterocycles. The average molecular weight is 359 g/mol. The van der Waals surface area contributed by atoms with Gasteiger partial charge in [-0.05, 0) is 31.2 Å². The summed E-state index contributed by atoms with van der Waals surface area (Å²) in [6, 6.07) is 10.4. The van der Waals surface area contributed by atoms with Gasteiger partial charge in [0.1, 0.15) is 5.82 Å². The molecule has 0 radical (unpaired) electrons. The van der Waals surface area contributed by atoms with Crippen LogP contribution in [0, 0.1) is 0 Å². The summed E-state index contributed by atoms with van der Waals surface area (Å²) in [5.41, 5.74) is 0.537. The predicted octanol–water partition coefficient (Wildman–Crippen LogP) is 4.73. The Kier molecular flexibility index (Phi) is 5.01. The van der Waals surface area contributed by atoms with Crippen LogP contribution < -0.4 is 10.6 Å². The van der Waals surface area contributed by atoms with E-state index < -0.39 is 11.7 Å². The number of alkyl halides is 3. The highest BCUT2D eigenvalue weighted by molar-refractivity contribution is 5.68. The van der Waals surface area contributed by atoms with Gasteiger partial charge in [0, 0.05) is 30.6 Å². The van der Waals surface area contributed by atoms with Crippen molar-refractivity contribution in [3.8, 4) is 11.3 Å². The predicted molar refractivity (Wildman–Crippen MR) is 94.2 cm³/mol. The minimum Gasteiger partial charge on any atom is -0.354 e. The lowest BCUT2D eigenvalue weighted by atomic mass is 10.1. The van der Waals surface area contributed by atoms with Crippen molar-refractivity contribution in [2.75, 3.05) is 17.2 Å². The van der Waals surface area contributed by atoms with Crippen molar-refractivity contribution in [2.24, 2.45) is 0 Å². The molecule has 2 heterocycles. The van der Waals surface area contributed by atoms with Crippen molar-refractivity contribution in [3.63, 3.8) is 0 Å². The Labute approximate surface area is 148 Å². The van der Waals surface area contributed by atoms with E-state index in [2.05, 4.69) is 25.6 Å². The van der Waals surface area contributed by atoms with Gasteiger partial charge in [0.05, 0.1) is 16.9 Å². The maximum absolute atomic E-state index is 13.2. The number of nitrogens with one attached hydrogen (secondary N) is 2. The van der Waals surface area contributed by atoms with Crippen LogP contribution in [-0.4, -0.2) is 21.5 Å². The lowest BCUT2D eigenvalue weighted by molar-refractivity contribution is -0.136. The van der Waals surface area contributed by atoms with E-state index in [0.717, 1.165) is 11.6 Å². The first-order chi connectivity index (χ1) is 12.5. The summed E-state index contributed by atoms with van der Waals surface area (Å²) in [6.07, 6.45) is -1.22. The Morgan fingerprint density at radius 1 is 1.00 bits per heavy atom. The highest BCUT2D eigenvalue weighted by atomic mass is 19.4. The SMILES string of the molecule is CCNc1nc(Nc2ccccc2C(F)(F)F)cc(-c2ccncc2)n1. The van der Waals surface area contributed by atoms with Crippen LogP contribution in [0.15, 0.2) is 54.9 Å². The van der Waals surface area contributed by atoms with Crippen LogP contribution in [0.25, 0.3) is 11.3 Å². The monoisotopic (exact) mass is 359 g/mol. The number of pyridine rings is 1. The summed E-state index contributed by atoms with van der Waals surface area (Å²) in [6.45, 7) is 2.47. The molecular formula is C18H16F3N5. The van der Waals surface area contributed by atoms with E-state index in [0.29, 0.717) is 18.2 Å². The molecule has 0 amide bonds. The first-order valence-electron chi connectivity index (χ1n) is 7.94. The fourth-order valence-electron chi connectivity index (χ4n) is 2.40. The van der Waals surface area contributed by atoms with Crippen molar-refractivity contribution in [1.29, 1.82) is 0 Å². The molecule has 0 saturated heterocycles. The molecule has 0 unspecified atom stereocenters. The minimum atomic E-state index is -4.46. The van der Waals surface area contributed by atoms with Crippen LogP contribution in [-0.2, 0) is 6.18 Å². The molecule has 0 saturated carbocycles. The summed E-state index contributed by atoms with van der Waals surface area (Å²) in [5.74, 6) is 0.591.